The lowest BCUT2D eigenvalue weighted by atomic mass is 10.1. The van der Waals surface area contributed by atoms with Crippen molar-refractivity contribution >= 4 is 23.3 Å². The second-order valence-electron chi connectivity index (χ2n) is 6.52. The summed E-state index contributed by atoms with van der Waals surface area (Å²) in [6, 6.07) is 4.16. The van der Waals surface area contributed by atoms with Crippen molar-refractivity contribution in [1.82, 2.24) is 15.5 Å². The normalized spacial score (nSPS) is 14.3. The second-order valence-corrected chi connectivity index (χ2v) is 7.55. The highest BCUT2D eigenvalue weighted by Crippen LogP contribution is 2.27. The Morgan fingerprint density at radius 2 is 2.17 bits per heavy atom. The van der Waals surface area contributed by atoms with Crippen LogP contribution in [0.15, 0.2) is 17.5 Å². The molecule has 0 spiro atoms. The largest absolute Gasteiger partial charge is 0.337 e. The SMILES string of the molecule is CC(C)CCN(CC(=O)NC(=O)NCCc1cccs1)C1CC1. The van der Waals surface area contributed by atoms with Crippen molar-refractivity contribution in [3.8, 4) is 0 Å². The number of hydrogen-bond donors (Lipinski definition) is 2. The summed E-state index contributed by atoms with van der Waals surface area (Å²) in [5, 5.41) is 7.19. The van der Waals surface area contributed by atoms with Gasteiger partial charge in [-0.3, -0.25) is 15.0 Å². The Balaban J connectivity index is 1.64. The third-order valence-corrected chi connectivity index (χ3v) is 4.83. The minimum Gasteiger partial charge on any atom is -0.337 e. The van der Waals surface area contributed by atoms with E-state index in [0.29, 0.717) is 25.0 Å². The van der Waals surface area contributed by atoms with Crippen LogP contribution in [0.2, 0.25) is 0 Å². The fourth-order valence-corrected chi connectivity index (χ4v) is 3.11. The molecule has 2 N–H and O–H groups in total. The molecule has 1 fully saturated rings. The number of amides is 3. The highest BCUT2D eigenvalue weighted by molar-refractivity contribution is 7.09. The monoisotopic (exact) mass is 337 g/mol. The molecule has 128 valence electrons. The van der Waals surface area contributed by atoms with Gasteiger partial charge in [0, 0.05) is 17.5 Å². The predicted octanol–water partition coefficient (Wildman–Crippen LogP) is 2.63. The third kappa shape index (κ3) is 7.14. The van der Waals surface area contributed by atoms with Gasteiger partial charge in [0.15, 0.2) is 0 Å². The van der Waals surface area contributed by atoms with Gasteiger partial charge >= 0.3 is 6.03 Å². The number of carbonyl (C=O) groups is 2. The molecule has 0 aliphatic heterocycles. The maximum absolute atomic E-state index is 12.0. The summed E-state index contributed by atoms with van der Waals surface area (Å²) in [5.41, 5.74) is 0. The van der Waals surface area contributed by atoms with Gasteiger partial charge in [-0.1, -0.05) is 19.9 Å². The van der Waals surface area contributed by atoms with Gasteiger partial charge < -0.3 is 5.32 Å². The van der Waals surface area contributed by atoms with E-state index < -0.39 is 6.03 Å². The Kier molecular flexibility index (Phi) is 7.05. The van der Waals surface area contributed by atoms with Gasteiger partial charge in [-0.2, -0.15) is 0 Å². The fourth-order valence-electron chi connectivity index (χ4n) is 2.40. The van der Waals surface area contributed by atoms with Crippen LogP contribution in [0.5, 0.6) is 0 Å². The minimum absolute atomic E-state index is 0.214. The molecular formula is C17H27N3O2S. The number of nitrogens with zero attached hydrogens (tertiary/aromatic N) is 1. The van der Waals surface area contributed by atoms with Crippen LogP contribution in [0.4, 0.5) is 4.79 Å². The topological polar surface area (TPSA) is 61.4 Å². The molecule has 5 nitrogen and oxygen atoms in total. The third-order valence-electron chi connectivity index (χ3n) is 3.89. The zero-order valence-electron chi connectivity index (χ0n) is 14.0. The zero-order valence-corrected chi connectivity index (χ0v) is 14.8. The lowest BCUT2D eigenvalue weighted by molar-refractivity contribution is -0.121. The molecule has 1 aromatic heterocycles. The first-order valence-electron chi connectivity index (χ1n) is 8.38. The van der Waals surface area contributed by atoms with Crippen LogP contribution in [0.3, 0.4) is 0 Å². The van der Waals surface area contributed by atoms with Crippen LogP contribution in [-0.4, -0.2) is 42.5 Å². The van der Waals surface area contributed by atoms with Crippen LogP contribution in [0.25, 0.3) is 0 Å². The van der Waals surface area contributed by atoms with Gasteiger partial charge in [0.05, 0.1) is 6.54 Å². The lowest BCUT2D eigenvalue weighted by Crippen LogP contribution is -2.45. The summed E-state index contributed by atoms with van der Waals surface area (Å²) >= 11 is 1.67. The molecule has 2 rings (SSSR count). The van der Waals surface area contributed by atoms with E-state index in [1.807, 2.05) is 17.5 Å². The summed E-state index contributed by atoms with van der Waals surface area (Å²) in [7, 11) is 0. The van der Waals surface area contributed by atoms with Crippen molar-refractivity contribution in [3.63, 3.8) is 0 Å². The summed E-state index contributed by atoms with van der Waals surface area (Å²) in [5.74, 6) is 0.411. The number of imide groups is 1. The van der Waals surface area contributed by atoms with Crippen LogP contribution in [0.1, 0.15) is 38.0 Å². The number of urea groups is 1. The maximum Gasteiger partial charge on any atom is 0.321 e. The van der Waals surface area contributed by atoms with Gasteiger partial charge in [0.2, 0.25) is 5.91 Å². The van der Waals surface area contributed by atoms with E-state index in [4.69, 9.17) is 0 Å². The van der Waals surface area contributed by atoms with E-state index in [0.717, 1.165) is 19.4 Å². The maximum atomic E-state index is 12.0. The highest BCUT2D eigenvalue weighted by Gasteiger charge is 2.30. The Morgan fingerprint density at radius 3 is 2.78 bits per heavy atom. The molecule has 0 atom stereocenters. The molecule has 1 aromatic rings. The molecule has 1 aliphatic carbocycles. The number of rotatable bonds is 9. The van der Waals surface area contributed by atoms with E-state index in [1.165, 1.54) is 17.7 Å². The summed E-state index contributed by atoms with van der Waals surface area (Å²) in [4.78, 5) is 27.2. The van der Waals surface area contributed by atoms with Crippen molar-refractivity contribution in [2.24, 2.45) is 5.92 Å². The molecule has 6 heteroatoms. The molecule has 1 saturated carbocycles. The van der Waals surface area contributed by atoms with Gasteiger partial charge in [0.25, 0.3) is 0 Å². The molecule has 0 unspecified atom stereocenters. The van der Waals surface area contributed by atoms with Gasteiger partial charge in [-0.25, -0.2) is 4.79 Å². The number of nitrogens with one attached hydrogen (secondary N) is 2. The Morgan fingerprint density at radius 1 is 1.39 bits per heavy atom. The molecule has 23 heavy (non-hydrogen) atoms. The van der Waals surface area contributed by atoms with Crippen molar-refractivity contribution in [2.75, 3.05) is 19.6 Å². The number of hydrogen-bond acceptors (Lipinski definition) is 4. The first kappa shape index (κ1) is 17.9. The first-order valence-corrected chi connectivity index (χ1v) is 9.26. The molecule has 1 aliphatic rings. The molecular weight excluding hydrogens is 310 g/mol. The van der Waals surface area contributed by atoms with E-state index >= 15 is 0 Å². The van der Waals surface area contributed by atoms with Gasteiger partial charge in [0.1, 0.15) is 0 Å². The number of carbonyl (C=O) groups excluding carboxylic acids is 2. The highest BCUT2D eigenvalue weighted by atomic mass is 32.1. The first-order chi connectivity index (χ1) is 11.0. The fraction of sp³-hybridized carbons (Fsp3) is 0.647. The van der Waals surface area contributed by atoms with Crippen LogP contribution in [-0.2, 0) is 11.2 Å². The van der Waals surface area contributed by atoms with Crippen LogP contribution in [0, 0.1) is 5.92 Å². The molecule has 0 aromatic carbocycles. The van der Waals surface area contributed by atoms with Crippen molar-refractivity contribution in [2.45, 2.75) is 45.6 Å². The van der Waals surface area contributed by atoms with E-state index in [9.17, 15) is 9.59 Å². The Bertz CT molecular complexity index is 498. The van der Waals surface area contributed by atoms with Crippen LogP contribution < -0.4 is 10.6 Å². The standard InChI is InChI=1S/C17H27N3O2S/c1-13(2)8-10-20(14-5-6-14)12-16(21)19-17(22)18-9-7-15-4-3-11-23-15/h3-4,11,13-14H,5-10,12H2,1-2H3,(H2,18,19,21,22). The summed E-state index contributed by atoms with van der Waals surface area (Å²) < 4.78 is 0. The molecule has 1 heterocycles. The quantitative estimate of drug-likeness (QED) is 0.728. The minimum atomic E-state index is -0.397. The average molecular weight is 337 g/mol. The van der Waals surface area contributed by atoms with Gasteiger partial charge in [-0.15, -0.1) is 11.3 Å². The van der Waals surface area contributed by atoms with E-state index in [-0.39, 0.29) is 5.91 Å². The molecule has 3 amide bonds. The second kappa shape index (κ2) is 9.03. The molecule has 0 radical (unpaired) electrons. The predicted molar refractivity (Wildman–Crippen MR) is 93.6 cm³/mol. The van der Waals surface area contributed by atoms with Crippen molar-refractivity contribution < 1.29 is 9.59 Å². The smallest absolute Gasteiger partial charge is 0.321 e. The van der Waals surface area contributed by atoms with Gasteiger partial charge in [-0.05, 0) is 49.6 Å². The Hall–Kier alpha value is -1.40. The van der Waals surface area contributed by atoms with Crippen molar-refractivity contribution in [3.05, 3.63) is 22.4 Å². The lowest BCUT2D eigenvalue weighted by Gasteiger charge is -2.22. The molecule has 0 bridgehead atoms. The van der Waals surface area contributed by atoms with E-state index in [1.54, 1.807) is 11.3 Å². The zero-order chi connectivity index (χ0) is 16.7. The Labute approximate surface area is 142 Å². The number of thiophene rings is 1. The van der Waals surface area contributed by atoms with E-state index in [2.05, 4.69) is 29.4 Å². The summed E-state index contributed by atoms with van der Waals surface area (Å²) in [6.07, 6.45) is 4.20. The van der Waals surface area contributed by atoms with Crippen molar-refractivity contribution in [1.29, 1.82) is 0 Å². The average Bonchev–Trinajstić information content (AvgIpc) is 3.20. The molecule has 0 saturated heterocycles. The summed E-state index contributed by atoms with van der Waals surface area (Å²) in [6.45, 7) is 6.16. The van der Waals surface area contributed by atoms with Crippen LogP contribution >= 0.6 is 11.3 Å².